The van der Waals surface area contributed by atoms with Gasteiger partial charge in [0.05, 0.1) is 5.25 Å². The zero-order valence-electron chi connectivity index (χ0n) is 14.0. The molecule has 0 spiro atoms. The lowest BCUT2D eigenvalue weighted by Gasteiger charge is -2.52. The molecule has 2 aliphatic rings. The Balaban J connectivity index is 1.70. The van der Waals surface area contributed by atoms with Gasteiger partial charge in [0, 0.05) is 30.9 Å². The molecule has 5 heteroatoms. The molecule has 4 rings (SSSR count). The standard InChI is InChI=1S/C19H21N3OS/c1-19-12-15(24-18-20-10-5-11-21-18)17(23)22(2)16(19)9-8-13-6-3-4-7-14(13)19/h3-7,10-11,15-16H,8-9,12H2,1-2H3/t15?,16-,19-/m1/s1. The van der Waals surface area contributed by atoms with Crippen molar-refractivity contribution in [2.75, 3.05) is 7.05 Å². The van der Waals surface area contributed by atoms with E-state index < -0.39 is 0 Å². The van der Waals surface area contributed by atoms with Crippen LogP contribution in [0.1, 0.15) is 30.9 Å². The normalized spacial score (nSPS) is 29.1. The molecule has 3 atom stereocenters. The molecule has 1 amide bonds. The smallest absolute Gasteiger partial charge is 0.236 e. The number of thioether (sulfide) groups is 1. The summed E-state index contributed by atoms with van der Waals surface area (Å²) in [6.45, 7) is 2.32. The Labute approximate surface area is 146 Å². The number of rotatable bonds is 2. The molecule has 24 heavy (non-hydrogen) atoms. The summed E-state index contributed by atoms with van der Waals surface area (Å²) in [5.41, 5.74) is 2.82. The zero-order valence-corrected chi connectivity index (χ0v) is 14.8. The van der Waals surface area contributed by atoms with Crippen LogP contribution in [0.15, 0.2) is 47.9 Å². The number of amides is 1. The molecule has 0 bridgehead atoms. The third kappa shape index (κ3) is 2.42. The van der Waals surface area contributed by atoms with Crippen LogP contribution in [-0.4, -0.2) is 39.1 Å². The van der Waals surface area contributed by atoms with E-state index in [9.17, 15) is 4.79 Å². The number of carbonyl (C=O) groups excluding carboxylic acids is 1. The van der Waals surface area contributed by atoms with Gasteiger partial charge in [0.25, 0.3) is 0 Å². The maximum Gasteiger partial charge on any atom is 0.236 e. The van der Waals surface area contributed by atoms with Gasteiger partial charge in [-0.25, -0.2) is 9.97 Å². The topological polar surface area (TPSA) is 46.1 Å². The Morgan fingerprint density at radius 2 is 1.96 bits per heavy atom. The molecule has 1 aliphatic carbocycles. The minimum atomic E-state index is -0.134. The van der Waals surface area contributed by atoms with Gasteiger partial charge in [-0.05, 0) is 36.5 Å². The van der Waals surface area contributed by atoms with Gasteiger partial charge in [0.1, 0.15) is 0 Å². The first kappa shape index (κ1) is 15.6. The SMILES string of the molecule is CN1C(=O)C(Sc2ncccn2)C[C@]2(C)c3ccccc3CC[C@@H]12. The molecule has 1 aliphatic heterocycles. The first-order valence-electron chi connectivity index (χ1n) is 8.38. The lowest BCUT2D eigenvalue weighted by Crippen LogP contribution is -2.60. The molecule has 0 N–H and O–H groups in total. The van der Waals surface area contributed by atoms with Crippen LogP contribution in [-0.2, 0) is 16.6 Å². The van der Waals surface area contributed by atoms with Crippen LogP contribution >= 0.6 is 11.8 Å². The second kappa shape index (κ2) is 5.88. The summed E-state index contributed by atoms with van der Waals surface area (Å²) in [4.78, 5) is 23.4. The Hall–Kier alpha value is -1.88. The summed E-state index contributed by atoms with van der Waals surface area (Å²) in [7, 11) is 1.96. The number of nitrogens with zero attached hydrogens (tertiary/aromatic N) is 3. The first-order valence-corrected chi connectivity index (χ1v) is 9.26. The van der Waals surface area contributed by atoms with Gasteiger partial charge in [-0.1, -0.05) is 43.0 Å². The van der Waals surface area contributed by atoms with E-state index in [0.29, 0.717) is 5.16 Å². The first-order chi connectivity index (χ1) is 11.6. The van der Waals surface area contributed by atoms with Crippen LogP contribution < -0.4 is 0 Å². The Kier molecular flexibility index (Phi) is 3.83. The van der Waals surface area contributed by atoms with Crippen molar-refractivity contribution >= 4 is 17.7 Å². The van der Waals surface area contributed by atoms with Gasteiger partial charge in [-0.3, -0.25) is 4.79 Å². The highest BCUT2D eigenvalue weighted by atomic mass is 32.2. The molecular formula is C19H21N3OS. The summed E-state index contributed by atoms with van der Waals surface area (Å²) < 4.78 is 0. The number of aryl methyl sites for hydroxylation is 1. The molecular weight excluding hydrogens is 318 g/mol. The van der Waals surface area contributed by atoms with E-state index in [1.807, 2.05) is 11.9 Å². The molecule has 1 unspecified atom stereocenters. The van der Waals surface area contributed by atoms with E-state index in [1.165, 1.54) is 22.9 Å². The third-order valence-corrected chi connectivity index (χ3v) is 6.62. The third-order valence-electron chi connectivity index (χ3n) is 5.54. The number of piperidine rings is 1. The molecule has 2 aromatic rings. The molecule has 1 fully saturated rings. The number of fused-ring (bicyclic) bond motifs is 3. The lowest BCUT2D eigenvalue weighted by atomic mass is 9.63. The van der Waals surface area contributed by atoms with E-state index >= 15 is 0 Å². The van der Waals surface area contributed by atoms with Crippen LogP contribution in [0.5, 0.6) is 0 Å². The van der Waals surface area contributed by atoms with Gasteiger partial charge >= 0.3 is 0 Å². The predicted octanol–water partition coefficient (Wildman–Crippen LogP) is 3.07. The van der Waals surface area contributed by atoms with E-state index in [2.05, 4.69) is 41.2 Å². The van der Waals surface area contributed by atoms with Gasteiger partial charge in [0.2, 0.25) is 5.91 Å². The van der Waals surface area contributed by atoms with Crippen LogP contribution in [0.2, 0.25) is 0 Å². The number of likely N-dealkylation sites (tertiary alicyclic amines) is 1. The van der Waals surface area contributed by atoms with Crippen LogP contribution in [0.3, 0.4) is 0 Å². The fourth-order valence-corrected chi connectivity index (χ4v) is 5.57. The van der Waals surface area contributed by atoms with Gasteiger partial charge in [0.15, 0.2) is 5.16 Å². The van der Waals surface area contributed by atoms with E-state index in [4.69, 9.17) is 0 Å². The molecule has 124 valence electrons. The molecule has 0 saturated carbocycles. The van der Waals surface area contributed by atoms with Crippen molar-refractivity contribution in [2.45, 2.75) is 48.0 Å². The molecule has 0 radical (unpaired) electrons. The van der Waals surface area contributed by atoms with Crippen molar-refractivity contribution < 1.29 is 4.79 Å². The quantitative estimate of drug-likeness (QED) is 0.789. The van der Waals surface area contributed by atoms with Crippen molar-refractivity contribution in [3.8, 4) is 0 Å². The molecule has 1 aromatic carbocycles. The maximum atomic E-state index is 12.9. The van der Waals surface area contributed by atoms with E-state index in [1.54, 1.807) is 18.5 Å². The Morgan fingerprint density at radius 1 is 1.21 bits per heavy atom. The van der Waals surface area contributed by atoms with Crippen molar-refractivity contribution in [1.82, 2.24) is 14.9 Å². The zero-order chi connectivity index (χ0) is 16.7. The predicted molar refractivity (Wildman–Crippen MR) is 95.0 cm³/mol. The summed E-state index contributed by atoms with van der Waals surface area (Å²) in [5.74, 6) is 0.203. The van der Waals surface area contributed by atoms with E-state index in [0.717, 1.165) is 19.3 Å². The van der Waals surface area contributed by atoms with Gasteiger partial charge < -0.3 is 4.90 Å². The van der Waals surface area contributed by atoms with Crippen molar-refractivity contribution in [3.63, 3.8) is 0 Å². The number of carbonyl (C=O) groups is 1. The Bertz CT molecular complexity index is 766. The monoisotopic (exact) mass is 339 g/mol. The minimum absolute atomic E-state index is 0.00997. The number of benzene rings is 1. The highest BCUT2D eigenvalue weighted by Gasteiger charge is 2.50. The van der Waals surface area contributed by atoms with Crippen molar-refractivity contribution in [1.29, 1.82) is 0 Å². The highest BCUT2D eigenvalue weighted by molar-refractivity contribution is 8.00. The number of aromatic nitrogens is 2. The largest absolute Gasteiger partial charge is 0.341 e. The Morgan fingerprint density at radius 3 is 2.75 bits per heavy atom. The summed E-state index contributed by atoms with van der Waals surface area (Å²) in [6, 6.07) is 10.8. The molecule has 4 nitrogen and oxygen atoms in total. The minimum Gasteiger partial charge on any atom is -0.341 e. The lowest BCUT2D eigenvalue weighted by molar-refractivity contribution is -0.137. The van der Waals surface area contributed by atoms with Crippen LogP contribution in [0, 0.1) is 0 Å². The van der Waals surface area contributed by atoms with Gasteiger partial charge in [-0.15, -0.1) is 0 Å². The maximum absolute atomic E-state index is 12.9. The van der Waals surface area contributed by atoms with Crippen LogP contribution in [0.4, 0.5) is 0 Å². The van der Waals surface area contributed by atoms with Crippen molar-refractivity contribution in [3.05, 3.63) is 53.9 Å². The fourth-order valence-electron chi connectivity index (χ4n) is 4.37. The molecule has 2 heterocycles. The second-order valence-electron chi connectivity index (χ2n) is 6.92. The molecule has 1 aromatic heterocycles. The average molecular weight is 339 g/mol. The highest BCUT2D eigenvalue weighted by Crippen LogP contribution is 2.48. The van der Waals surface area contributed by atoms with E-state index in [-0.39, 0.29) is 22.6 Å². The fraction of sp³-hybridized carbons (Fsp3) is 0.421. The molecule has 1 saturated heterocycles. The summed E-state index contributed by atoms with van der Waals surface area (Å²) in [5, 5.41) is 0.542. The average Bonchev–Trinajstić information content (AvgIpc) is 2.60. The summed E-state index contributed by atoms with van der Waals surface area (Å²) in [6.07, 6.45) is 6.38. The number of hydrogen-bond donors (Lipinski definition) is 0. The van der Waals surface area contributed by atoms with Crippen molar-refractivity contribution in [2.24, 2.45) is 0 Å². The number of likely N-dealkylation sites (N-methyl/N-ethyl adjacent to an activating group) is 1. The second-order valence-corrected chi connectivity index (χ2v) is 8.09. The van der Waals surface area contributed by atoms with Crippen LogP contribution in [0.25, 0.3) is 0 Å². The summed E-state index contributed by atoms with van der Waals surface area (Å²) >= 11 is 1.49. The van der Waals surface area contributed by atoms with Gasteiger partial charge in [-0.2, -0.15) is 0 Å². The number of hydrogen-bond acceptors (Lipinski definition) is 4.